The summed E-state index contributed by atoms with van der Waals surface area (Å²) < 4.78 is 5.86. The van der Waals surface area contributed by atoms with E-state index in [-0.39, 0.29) is 22.2 Å². The Morgan fingerprint density at radius 3 is 2.63 bits per heavy atom. The van der Waals surface area contributed by atoms with Gasteiger partial charge >= 0.3 is 5.97 Å². The number of aromatic nitrogens is 1. The third kappa shape index (κ3) is 4.61. The monoisotopic (exact) mass is 423 g/mol. The number of thiazole rings is 1. The molecule has 0 amide bonds. The molecular formula is C21H17N3O5S. The molecule has 1 aromatic heterocycles. The number of hydrogen-bond acceptors (Lipinski definition) is 7. The Morgan fingerprint density at radius 2 is 2.00 bits per heavy atom. The van der Waals surface area contributed by atoms with Crippen molar-refractivity contribution in [3.63, 3.8) is 0 Å². The second-order valence-corrected chi connectivity index (χ2v) is 7.58. The molecule has 0 fully saturated rings. The molecule has 9 heteroatoms. The van der Waals surface area contributed by atoms with Crippen LogP contribution in [0.25, 0.3) is 21.8 Å². The molecule has 3 aromatic rings. The molecule has 30 heavy (non-hydrogen) atoms. The fourth-order valence-corrected chi connectivity index (χ4v) is 3.69. The number of carbonyl (C=O) groups is 1. The number of rotatable bonds is 8. The Kier molecular flexibility index (Phi) is 6.39. The summed E-state index contributed by atoms with van der Waals surface area (Å²) in [5, 5.41) is 29.8. The molecule has 3 rings (SSSR count). The highest BCUT2D eigenvalue weighted by Crippen LogP contribution is 2.38. The minimum absolute atomic E-state index is 0.0338. The summed E-state index contributed by atoms with van der Waals surface area (Å²) in [5.41, 5.74) is 1.27. The van der Waals surface area contributed by atoms with Gasteiger partial charge in [-0.1, -0.05) is 19.1 Å². The molecule has 1 atom stereocenters. The number of carboxylic acids is 1. The van der Waals surface area contributed by atoms with E-state index in [0.717, 1.165) is 11.3 Å². The highest BCUT2D eigenvalue weighted by atomic mass is 32.1. The smallest absolute Gasteiger partial charge is 0.348 e. The van der Waals surface area contributed by atoms with Gasteiger partial charge in [-0.3, -0.25) is 10.1 Å². The first kappa shape index (κ1) is 21.0. The van der Waals surface area contributed by atoms with Gasteiger partial charge in [0.05, 0.1) is 28.9 Å². The van der Waals surface area contributed by atoms with Crippen LogP contribution >= 0.6 is 11.3 Å². The molecule has 8 nitrogen and oxygen atoms in total. The van der Waals surface area contributed by atoms with Crippen molar-refractivity contribution in [1.29, 1.82) is 5.26 Å². The number of aromatic carboxylic acids is 1. The molecule has 0 aliphatic heterocycles. The molecule has 0 bridgehead atoms. The number of nitrogens with zero attached hydrogens (tertiary/aromatic N) is 3. The van der Waals surface area contributed by atoms with Crippen LogP contribution in [-0.4, -0.2) is 27.6 Å². The van der Waals surface area contributed by atoms with Gasteiger partial charge in [0.15, 0.2) is 0 Å². The Hall–Kier alpha value is -3.77. The predicted molar refractivity (Wildman–Crippen MR) is 111 cm³/mol. The van der Waals surface area contributed by atoms with Crippen LogP contribution in [0.1, 0.15) is 23.0 Å². The maximum Gasteiger partial charge on any atom is 0.348 e. The summed E-state index contributed by atoms with van der Waals surface area (Å²) in [4.78, 5) is 26.7. The number of non-ortho nitro benzene ring substituents is 1. The molecule has 2 aromatic carbocycles. The largest absolute Gasteiger partial charge is 0.493 e. The summed E-state index contributed by atoms with van der Waals surface area (Å²) in [6, 6.07) is 14.8. The number of nitriles is 1. The van der Waals surface area contributed by atoms with Crippen LogP contribution in [0.4, 0.5) is 5.69 Å². The first-order valence-electron chi connectivity index (χ1n) is 8.98. The first-order chi connectivity index (χ1) is 14.4. The van der Waals surface area contributed by atoms with Gasteiger partial charge < -0.3 is 9.84 Å². The van der Waals surface area contributed by atoms with Crippen LogP contribution in [0.15, 0.2) is 48.5 Å². The summed E-state index contributed by atoms with van der Waals surface area (Å²) in [6.07, 6.45) is 0.368. The van der Waals surface area contributed by atoms with Gasteiger partial charge in [0, 0.05) is 30.0 Å². The van der Waals surface area contributed by atoms with E-state index in [2.05, 4.69) is 11.1 Å². The van der Waals surface area contributed by atoms with Crippen molar-refractivity contribution in [3.05, 3.63) is 63.5 Å². The molecule has 0 spiro atoms. The molecule has 1 N–H and O–H groups in total. The fraction of sp³-hybridized carbons (Fsp3) is 0.190. The topological polar surface area (TPSA) is 126 Å². The lowest BCUT2D eigenvalue weighted by atomic mass is 10.1. The normalized spacial score (nSPS) is 11.5. The molecule has 0 radical (unpaired) electrons. The Morgan fingerprint density at radius 1 is 1.30 bits per heavy atom. The van der Waals surface area contributed by atoms with E-state index in [9.17, 15) is 20.0 Å². The summed E-state index contributed by atoms with van der Waals surface area (Å²) >= 11 is 1.01. The number of nitro benzene ring substituents is 1. The van der Waals surface area contributed by atoms with Crippen LogP contribution in [0.3, 0.4) is 0 Å². The van der Waals surface area contributed by atoms with Gasteiger partial charge in [0.25, 0.3) is 5.69 Å². The minimum Gasteiger partial charge on any atom is -0.493 e. The third-order valence-electron chi connectivity index (χ3n) is 4.25. The zero-order chi connectivity index (χ0) is 21.7. The minimum atomic E-state index is -1.13. The number of para-hydroxylation sites is 1. The average Bonchev–Trinajstić information content (AvgIpc) is 3.18. The van der Waals surface area contributed by atoms with Crippen LogP contribution < -0.4 is 4.74 Å². The zero-order valence-corrected chi connectivity index (χ0v) is 16.8. The lowest BCUT2D eigenvalue weighted by Gasteiger charge is -2.12. The van der Waals surface area contributed by atoms with Gasteiger partial charge in [0.2, 0.25) is 0 Å². The molecule has 1 heterocycles. The Balaban J connectivity index is 1.98. The van der Waals surface area contributed by atoms with Crippen molar-refractivity contribution in [2.75, 3.05) is 6.61 Å². The van der Waals surface area contributed by atoms with Crippen LogP contribution in [0.2, 0.25) is 0 Å². The lowest BCUT2D eigenvalue weighted by molar-refractivity contribution is -0.384. The van der Waals surface area contributed by atoms with Crippen molar-refractivity contribution in [3.8, 4) is 33.6 Å². The quantitative estimate of drug-likeness (QED) is 0.398. The summed E-state index contributed by atoms with van der Waals surface area (Å²) in [6.45, 7) is 2.25. The molecule has 1 unspecified atom stereocenters. The number of ether oxygens (including phenoxy) is 1. The lowest BCUT2D eigenvalue weighted by Crippen LogP contribution is -2.08. The van der Waals surface area contributed by atoms with Gasteiger partial charge in [-0.15, -0.1) is 11.3 Å². The number of benzene rings is 2. The number of nitro groups is 1. The molecule has 0 aliphatic carbocycles. The summed E-state index contributed by atoms with van der Waals surface area (Å²) in [5.74, 6) is -0.541. The standard InChI is InChI=1S/C21H17N3O5S/c1-13(10-11-22)12-29-17-5-3-2-4-16(17)20-23-18(19(30-20)21(25)26)14-6-8-15(9-7-14)24(27)28/h2-9,13H,10,12H2,1H3,(H,25,26). The molecular weight excluding hydrogens is 406 g/mol. The first-order valence-corrected chi connectivity index (χ1v) is 9.80. The number of carboxylic acid groups (broad SMARTS) is 1. The Bertz CT molecular complexity index is 1120. The molecule has 0 aliphatic rings. The van der Waals surface area contributed by atoms with Gasteiger partial charge in [-0.2, -0.15) is 5.26 Å². The fourth-order valence-electron chi connectivity index (χ4n) is 2.73. The highest BCUT2D eigenvalue weighted by molar-refractivity contribution is 7.17. The van der Waals surface area contributed by atoms with Crippen molar-refractivity contribution >= 4 is 23.0 Å². The van der Waals surface area contributed by atoms with Crippen LogP contribution in [-0.2, 0) is 0 Å². The van der Waals surface area contributed by atoms with E-state index in [0.29, 0.717) is 34.9 Å². The average molecular weight is 423 g/mol. The van der Waals surface area contributed by atoms with E-state index in [4.69, 9.17) is 10.00 Å². The van der Waals surface area contributed by atoms with E-state index >= 15 is 0 Å². The van der Waals surface area contributed by atoms with E-state index < -0.39 is 10.9 Å². The Labute approximate surface area is 176 Å². The van der Waals surface area contributed by atoms with E-state index in [1.807, 2.05) is 6.92 Å². The number of hydrogen-bond donors (Lipinski definition) is 1. The molecule has 0 saturated carbocycles. The van der Waals surface area contributed by atoms with Gasteiger partial charge in [-0.05, 0) is 24.3 Å². The highest BCUT2D eigenvalue weighted by Gasteiger charge is 2.22. The summed E-state index contributed by atoms with van der Waals surface area (Å²) in [7, 11) is 0. The van der Waals surface area contributed by atoms with E-state index in [1.54, 1.807) is 24.3 Å². The maximum atomic E-state index is 11.8. The molecule has 152 valence electrons. The van der Waals surface area contributed by atoms with Crippen LogP contribution in [0, 0.1) is 27.4 Å². The van der Waals surface area contributed by atoms with E-state index in [1.165, 1.54) is 24.3 Å². The van der Waals surface area contributed by atoms with Crippen LogP contribution in [0.5, 0.6) is 5.75 Å². The second kappa shape index (κ2) is 9.15. The zero-order valence-electron chi connectivity index (χ0n) is 15.9. The van der Waals surface area contributed by atoms with Crippen molar-refractivity contribution < 1.29 is 19.6 Å². The van der Waals surface area contributed by atoms with Gasteiger partial charge in [-0.25, -0.2) is 9.78 Å². The third-order valence-corrected chi connectivity index (χ3v) is 5.33. The SMILES string of the molecule is CC(CC#N)COc1ccccc1-c1nc(-c2ccc([N+](=O)[O-])cc2)c(C(=O)O)s1. The molecule has 0 saturated heterocycles. The predicted octanol–water partition coefficient (Wildman–Crippen LogP) is 5.01. The van der Waals surface area contributed by atoms with Gasteiger partial charge in [0.1, 0.15) is 15.6 Å². The van der Waals surface area contributed by atoms with Crippen molar-refractivity contribution in [1.82, 2.24) is 4.98 Å². The maximum absolute atomic E-state index is 11.8. The van der Waals surface area contributed by atoms with Crippen molar-refractivity contribution in [2.45, 2.75) is 13.3 Å². The van der Waals surface area contributed by atoms with Crippen molar-refractivity contribution in [2.24, 2.45) is 5.92 Å². The second-order valence-electron chi connectivity index (χ2n) is 6.58.